The Kier molecular flexibility index (Phi) is 19.7. The highest BCUT2D eigenvalue weighted by molar-refractivity contribution is 6.75. The van der Waals surface area contributed by atoms with Gasteiger partial charge in [0.05, 0.1) is 12.2 Å². The summed E-state index contributed by atoms with van der Waals surface area (Å²) in [4.78, 5) is 0. The van der Waals surface area contributed by atoms with E-state index in [2.05, 4.69) is 0 Å². The molecule has 1 saturated heterocycles. The van der Waals surface area contributed by atoms with Crippen LogP contribution in [0.25, 0.3) is 0 Å². The Bertz CT molecular complexity index is 1270. The fourth-order valence-corrected chi connectivity index (χ4v) is 11.3. The summed E-state index contributed by atoms with van der Waals surface area (Å²) in [5.74, 6) is -1.45. The average molecular weight is 948 g/mol. The van der Waals surface area contributed by atoms with Crippen LogP contribution in [0.5, 0.6) is 0 Å². The molecule has 1 aliphatic heterocycles. The average Bonchev–Trinajstić information content (AvgIpc) is 3.38. The Labute approximate surface area is 374 Å². The molecule has 0 unspecified atom stereocenters. The molecular formula is C43H94O14Si4. The SMILES string of the molecule is C[C@@H](O)[C@H](O)[C@H](O[Si](C)(C)C(C)(C)C)[C@@H](O[Si](C)(C)C(C)(C)C)[C@@H](O)[C@H](O)[C@@H]1OC(C)(C)O[C@H]1[C@@H](O)[C@H](O)[C@H](O[Si](C)(C)C(C)(C)C)[C@@H](O[Si](C)(C)C(C)(C)C)[C@@H](O)[C@@H](C)O. The van der Waals surface area contributed by atoms with Gasteiger partial charge in [0, 0.05) is 0 Å². The first-order valence-electron chi connectivity index (χ1n) is 22.2. The van der Waals surface area contributed by atoms with Crippen molar-refractivity contribution in [3.63, 3.8) is 0 Å². The third-order valence-corrected chi connectivity index (χ3v) is 32.4. The number of aliphatic hydroxyl groups is 8. The van der Waals surface area contributed by atoms with Gasteiger partial charge in [-0.3, -0.25) is 0 Å². The summed E-state index contributed by atoms with van der Waals surface area (Å²) in [6.07, 6.45) is -21.6. The van der Waals surface area contributed by atoms with Gasteiger partial charge in [-0.25, -0.2) is 0 Å². The smallest absolute Gasteiger partial charge is 0.192 e. The van der Waals surface area contributed by atoms with E-state index in [1.165, 1.54) is 13.8 Å². The third kappa shape index (κ3) is 14.6. The maximum absolute atomic E-state index is 12.5. The Balaban J connectivity index is 4.10. The topological polar surface area (TPSA) is 217 Å². The van der Waals surface area contributed by atoms with Crippen LogP contribution in [-0.4, -0.2) is 165 Å². The minimum Gasteiger partial charge on any atom is -0.408 e. The fraction of sp³-hybridized carbons (Fsp3) is 1.00. The summed E-state index contributed by atoms with van der Waals surface area (Å²) in [5, 5.41) is 93.2. The van der Waals surface area contributed by atoms with E-state index in [0.29, 0.717) is 0 Å². The number of ether oxygens (including phenoxy) is 2. The van der Waals surface area contributed by atoms with Crippen molar-refractivity contribution in [2.45, 2.75) is 275 Å². The van der Waals surface area contributed by atoms with Crippen molar-refractivity contribution in [1.29, 1.82) is 0 Å². The van der Waals surface area contributed by atoms with Gasteiger partial charge in [0.1, 0.15) is 73.2 Å². The van der Waals surface area contributed by atoms with Crippen LogP contribution in [0, 0.1) is 0 Å². The van der Waals surface area contributed by atoms with E-state index < -0.39 is 135 Å². The zero-order valence-corrected chi connectivity index (χ0v) is 46.6. The third-order valence-electron chi connectivity index (χ3n) is 14.5. The lowest BCUT2D eigenvalue weighted by atomic mass is 9.88. The zero-order valence-electron chi connectivity index (χ0n) is 42.6. The van der Waals surface area contributed by atoms with Crippen molar-refractivity contribution >= 4 is 33.3 Å². The van der Waals surface area contributed by atoms with Gasteiger partial charge in [0.2, 0.25) is 0 Å². The van der Waals surface area contributed by atoms with Gasteiger partial charge in [-0.15, -0.1) is 0 Å². The van der Waals surface area contributed by atoms with Crippen LogP contribution < -0.4 is 0 Å². The van der Waals surface area contributed by atoms with Crippen molar-refractivity contribution in [3.8, 4) is 0 Å². The number of hydrogen-bond donors (Lipinski definition) is 8. The van der Waals surface area contributed by atoms with Gasteiger partial charge in [0.15, 0.2) is 39.1 Å². The summed E-state index contributed by atoms with van der Waals surface area (Å²) >= 11 is 0. The van der Waals surface area contributed by atoms with Crippen LogP contribution in [0.4, 0.5) is 0 Å². The lowest BCUT2D eigenvalue weighted by Crippen LogP contribution is -2.65. The standard InChI is InChI=1S/C43H94O14Si4/c1-25(44)27(46)35(54-58(17,18)39(3,4)5)37(56-60(21,22)41(9,10)11)31(50)29(48)33-34(53-43(15,16)52-33)30(49)32(51)38(57-61(23,24)42(12,13)14)36(28(47)26(2)45)55-59(19,20)40(6,7)8/h25-38,44-51H,1-24H3/t25-,26-,27+,28+,29+,30+,31+,32+,33+,34+,35+,36+,37+,38+/m1/s1. The van der Waals surface area contributed by atoms with E-state index in [1.807, 2.05) is 135 Å². The molecule has 0 radical (unpaired) electrons. The zero-order chi connectivity index (χ0) is 48.8. The molecule has 1 aliphatic rings. The summed E-state index contributed by atoms with van der Waals surface area (Å²) in [6.45, 7) is 45.9. The second kappa shape index (κ2) is 20.3. The number of aliphatic hydroxyl groups excluding tert-OH is 8. The lowest BCUT2D eigenvalue weighted by molar-refractivity contribution is -0.183. The van der Waals surface area contributed by atoms with Crippen LogP contribution >= 0.6 is 0 Å². The van der Waals surface area contributed by atoms with Crippen LogP contribution in [0.3, 0.4) is 0 Å². The Morgan fingerprint density at radius 1 is 0.393 bits per heavy atom. The molecule has 61 heavy (non-hydrogen) atoms. The maximum Gasteiger partial charge on any atom is 0.192 e. The minimum absolute atomic E-state index is 0.358. The van der Waals surface area contributed by atoms with E-state index in [0.717, 1.165) is 0 Å². The van der Waals surface area contributed by atoms with Gasteiger partial charge in [-0.1, -0.05) is 83.1 Å². The molecule has 0 aromatic heterocycles. The molecule has 0 saturated carbocycles. The molecule has 0 amide bonds. The van der Waals surface area contributed by atoms with Crippen molar-refractivity contribution in [3.05, 3.63) is 0 Å². The van der Waals surface area contributed by atoms with E-state index >= 15 is 0 Å². The normalized spacial score (nSPS) is 25.2. The molecular weight excluding hydrogens is 853 g/mol. The van der Waals surface area contributed by atoms with Gasteiger partial charge < -0.3 is 68.0 Å². The summed E-state index contributed by atoms with van der Waals surface area (Å²) in [6, 6.07) is 0. The number of hydrogen-bond acceptors (Lipinski definition) is 14. The van der Waals surface area contributed by atoms with E-state index in [9.17, 15) is 40.9 Å². The Morgan fingerprint density at radius 3 is 0.738 bits per heavy atom. The molecule has 18 heteroatoms. The molecule has 0 bridgehead atoms. The Morgan fingerprint density at radius 2 is 0.574 bits per heavy atom. The predicted molar refractivity (Wildman–Crippen MR) is 252 cm³/mol. The quantitative estimate of drug-likeness (QED) is 0.0658. The van der Waals surface area contributed by atoms with Crippen molar-refractivity contribution < 1.29 is 68.0 Å². The van der Waals surface area contributed by atoms with Crippen LogP contribution in [0.15, 0.2) is 0 Å². The van der Waals surface area contributed by atoms with Gasteiger partial charge >= 0.3 is 0 Å². The summed E-state index contributed by atoms with van der Waals surface area (Å²) < 4.78 is 39.9. The second-order valence-corrected chi connectivity index (χ2v) is 43.4. The van der Waals surface area contributed by atoms with Crippen LogP contribution in [0.2, 0.25) is 72.5 Å². The predicted octanol–water partition coefficient (Wildman–Crippen LogP) is 6.00. The molecule has 1 rings (SSSR count). The molecule has 366 valence electrons. The fourth-order valence-electron chi connectivity index (χ4n) is 6.06. The minimum atomic E-state index is -2.84. The highest BCUT2D eigenvalue weighted by atomic mass is 28.4. The first-order chi connectivity index (χ1) is 26.7. The molecule has 1 heterocycles. The van der Waals surface area contributed by atoms with Crippen LogP contribution in [0.1, 0.15) is 111 Å². The Hall–Kier alpha value is 0.308. The molecule has 0 aromatic rings. The molecule has 14 nitrogen and oxygen atoms in total. The summed E-state index contributed by atoms with van der Waals surface area (Å²) in [5.41, 5.74) is 0. The first-order valence-corrected chi connectivity index (χ1v) is 33.8. The molecule has 0 spiro atoms. The van der Waals surface area contributed by atoms with Crippen molar-refractivity contribution in [2.75, 3.05) is 0 Å². The number of rotatable bonds is 20. The van der Waals surface area contributed by atoms with Gasteiger partial charge in [0.25, 0.3) is 0 Å². The van der Waals surface area contributed by atoms with Crippen molar-refractivity contribution in [2.24, 2.45) is 0 Å². The first kappa shape index (κ1) is 59.3. The largest absolute Gasteiger partial charge is 0.408 e. The lowest BCUT2D eigenvalue weighted by Gasteiger charge is -2.49. The summed E-state index contributed by atoms with van der Waals surface area (Å²) in [7, 11) is -11.2. The second-order valence-electron chi connectivity index (χ2n) is 24.4. The molecule has 8 N–H and O–H groups in total. The molecule has 14 atom stereocenters. The highest BCUT2D eigenvalue weighted by Gasteiger charge is 2.58. The van der Waals surface area contributed by atoms with Crippen molar-refractivity contribution in [1.82, 2.24) is 0 Å². The molecule has 0 aliphatic carbocycles. The van der Waals surface area contributed by atoms with Gasteiger partial charge in [-0.05, 0) is 100 Å². The van der Waals surface area contributed by atoms with Gasteiger partial charge in [-0.2, -0.15) is 0 Å². The molecule has 1 fully saturated rings. The van der Waals surface area contributed by atoms with E-state index in [-0.39, 0.29) is 10.1 Å². The van der Waals surface area contributed by atoms with Crippen LogP contribution in [-0.2, 0) is 27.2 Å². The maximum atomic E-state index is 12.5. The molecule has 0 aromatic carbocycles. The monoisotopic (exact) mass is 947 g/mol. The van der Waals surface area contributed by atoms with E-state index in [4.69, 9.17) is 27.2 Å². The van der Waals surface area contributed by atoms with E-state index in [1.54, 1.807) is 13.8 Å². The highest BCUT2D eigenvalue weighted by Crippen LogP contribution is 2.45.